The largest absolute Gasteiger partial charge is 0.459 e. The molecule has 2 aromatic rings. The molecule has 0 aliphatic carbocycles. The Labute approximate surface area is 142 Å². The highest BCUT2D eigenvalue weighted by Crippen LogP contribution is 2.13. The summed E-state index contributed by atoms with van der Waals surface area (Å²) in [7, 11) is 0. The number of anilines is 1. The van der Waals surface area contributed by atoms with Gasteiger partial charge in [0.15, 0.2) is 5.76 Å². The number of benzene rings is 1. The molecule has 0 radical (unpaired) electrons. The Morgan fingerprint density at radius 3 is 2.36 bits per heavy atom. The maximum atomic E-state index is 12.4. The van der Waals surface area contributed by atoms with Crippen LogP contribution in [0.25, 0.3) is 0 Å². The van der Waals surface area contributed by atoms with Gasteiger partial charge >= 0.3 is 0 Å². The van der Waals surface area contributed by atoms with Gasteiger partial charge in [0.1, 0.15) is 6.04 Å². The molecule has 0 fully saturated rings. The van der Waals surface area contributed by atoms with E-state index >= 15 is 0 Å². The summed E-state index contributed by atoms with van der Waals surface area (Å²) in [5.41, 5.74) is 0.698. The van der Waals surface area contributed by atoms with Gasteiger partial charge in [-0.15, -0.1) is 0 Å². The second kappa shape index (κ2) is 7.44. The first-order chi connectivity index (χ1) is 10.5. The number of rotatable bonds is 5. The predicted octanol–water partition coefficient (Wildman–Crippen LogP) is 3.28. The maximum absolute atomic E-state index is 12.4. The summed E-state index contributed by atoms with van der Waals surface area (Å²) in [5.74, 6) is -0.520. The van der Waals surface area contributed by atoms with E-state index in [1.807, 2.05) is 38.1 Å². The second-order valence-electron chi connectivity index (χ2n) is 5.17. The van der Waals surface area contributed by atoms with E-state index in [4.69, 9.17) is 4.42 Å². The van der Waals surface area contributed by atoms with Gasteiger partial charge in [-0.25, -0.2) is 0 Å². The van der Waals surface area contributed by atoms with Gasteiger partial charge in [-0.05, 0) is 64.9 Å². The van der Waals surface area contributed by atoms with Crippen LogP contribution in [-0.2, 0) is 4.79 Å². The summed E-state index contributed by atoms with van der Waals surface area (Å²) >= 11 is 2.20. The minimum absolute atomic E-state index is 0.0530. The van der Waals surface area contributed by atoms with Gasteiger partial charge in [-0.3, -0.25) is 9.59 Å². The summed E-state index contributed by atoms with van der Waals surface area (Å²) in [6, 6.07) is 10.0. The number of carbonyl (C=O) groups excluding carboxylic acids is 2. The number of halogens is 1. The van der Waals surface area contributed by atoms with Crippen molar-refractivity contribution >= 4 is 40.1 Å². The minimum atomic E-state index is -0.642. The van der Waals surface area contributed by atoms with Crippen LogP contribution < -0.4 is 10.6 Å². The Bertz CT molecular complexity index is 636. The molecule has 1 atom stereocenters. The van der Waals surface area contributed by atoms with Crippen molar-refractivity contribution in [3.63, 3.8) is 0 Å². The van der Waals surface area contributed by atoms with E-state index in [1.165, 1.54) is 6.26 Å². The van der Waals surface area contributed by atoms with Crippen LogP contribution in [0.4, 0.5) is 5.69 Å². The third kappa shape index (κ3) is 4.33. The normalized spacial score (nSPS) is 12.0. The predicted molar refractivity (Wildman–Crippen MR) is 92.6 cm³/mol. The van der Waals surface area contributed by atoms with Crippen molar-refractivity contribution in [1.29, 1.82) is 0 Å². The molecule has 6 heteroatoms. The Balaban J connectivity index is 2.05. The Hall–Kier alpha value is -1.83. The average Bonchev–Trinajstić information content (AvgIpc) is 3.00. The van der Waals surface area contributed by atoms with Gasteiger partial charge < -0.3 is 15.1 Å². The molecular formula is C16H17IN2O3. The van der Waals surface area contributed by atoms with Gasteiger partial charge in [0.2, 0.25) is 5.91 Å². The number of furan rings is 1. The van der Waals surface area contributed by atoms with Crippen molar-refractivity contribution in [2.24, 2.45) is 5.92 Å². The smallest absolute Gasteiger partial charge is 0.287 e. The van der Waals surface area contributed by atoms with Crippen molar-refractivity contribution in [1.82, 2.24) is 5.32 Å². The van der Waals surface area contributed by atoms with Crippen molar-refractivity contribution in [3.05, 3.63) is 52.0 Å². The lowest BCUT2D eigenvalue weighted by atomic mass is 10.0. The van der Waals surface area contributed by atoms with Crippen molar-refractivity contribution in [3.8, 4) is 0 Å². The molecule has 0 saturated heterocycles. The Morgan fingerprint density at radius 1 is 1.14 bits per heavy atom. The van der Waals surface area contributed by atoms with Crippen LogP contribution in [0, 0.1) is 9.49 Å². The lowest BCUT2D eigenvalue weighted by Gasteiger charge is -2.21. The molecule has 0 saturated carbocycles. The highest BCUT2D eigenvalue weighted by atomic mass is 127. The Morgan fingerprint density at radius 2 is 1.82 bits per heavy atom. The first-order valence-corrected chi connectivity index (χ1v) is 7.96. The van der Waals surface area contributed by atoms with Gasteiger partial charge in [0.05, 0.1) is 6.26 Å². The van der Waals surface area contributed by atoms with Crippen LogP contribution in [0.3, 0.4) is 0 Å². The van der Waals surface area contributed by atoms with E-state index in [1.54, 1.807) is 12.1 Å². The third-order valence-corrected chi connectivity index (χ3v) is 3.81. The molecular weight excluding hydrogens is 395 g/mol. The molecule has 22 heavy (non-hydrogen) atoms. The van der Waals surface area contributed by atoms with Crippen molar-refractivity contribution < 1.29 is 14.0 Å². The van der Waals surface area contributed by atoms with Crippen LogP contribution in [0.2, 0.25) is 0 Å². The number of amides is 2. The van der Waals surface area contributed by atoms with Gasteiger partial charge in [0.25, 0.3) is 5.91 Å². The van der Waals surface area contributed by atoms with Gasteiger partial charge in [0, 0.05) is 9.26 Å². The Kier molecular flexibility index (Phi) is 5.59. The average molecular weight is 412 g/mol. The van der Waals surface area contributed by atoms with Crippen LogP contribution in [-0.4, -0.2) is 17.9 Å². The fourth-order valence-electron chi connectivity index (χ4n) is 1.91. The zero-order valence-electron chi connectivity index (χ0n) is 12.3. The first kappa shape index (κ1) is 16.5. The number of hydrogen-bond donors (Lipinski definition) is 2. The van der Waals surface area contributed by atoms with E-state index in [-0.39, 0.29) is 17.6 Å². The molecule has 0 aliphatic rings. The van der Waals surface area contributed by atoms with Crippen molar-refractivity contribution in [2.75, 3.05) is 5.32 Å². The molecule has 1 heterocycles. The summed E-state index contributed by atoms with van der Waals surface area (Å²) < 4.78 is 6.13. The number of nitrogens with one attached hydrogen (secondary N) is 2. The number of carbonyl (C=O) groups is 2. The van der Waals surface area contributed by atoms with E-state index in [0.29, 0.717) is 5.69 Å². The molecule has 5 nitrogen and oxygen atoms in total. The molecule has 1 unspecified atom stereocenters. The zero-order valence-corrected chi connectivity index (χ0v) is 14.5. The van der Waals surface area contributed by atoms with Crippen LogP contribution in [0.15, 0.2) is 47.1 Å². The molecule has 0 spiro atoms. The molecule has 1 aromatic carbocycles. The lowest BCUT2D eigenvalue weighted by Crippen LogP contribution is -2.47. The summed E-state index contributed by atoms with van der Waals surface area (Å²) in [5, 5.41) is 5.52. The van der Waals surface area contributed by atoms with Crippen LogP contribution in [0.1, 0.15) is 24.4 Å². The monoisotopic (exact) mass is 412 g/mol. The molecule has 116 valence electrons. The first-order valence-electron chi connectivity index (χ1n) is 6.88. The molecule has 0 bridgehead atoms. The minimum Gasteiger partial charge on any atom is -0.459 e. The summed E-state index contributed by atoms with van der Waals surface area (Å²) in [6.45, 7) is 3.75. The van der Waals surface area contributed by atoms with E-state index in [9.17, 15) is 9.59 Å². The lowest BCUT2D eigenvalue weighted by molar-refractivity contribution is -0.118. The molecule has 0 aliphatic heterocycles. The summed E-state index contributed by atoms with van der Waals surface area (Å²) in [4.78, 5) is 24.4. The SMILES string of the molecule is CC(C)C(NC(=O)c1ccco1)C(=O)Nc1ccc(I)cc1. The molecule has 2 N–H and O–H groups in total. The highest BCUT2D eigenvalue weighted by Gasteiger charge is 2.25. The second-order valence-corrected chi connectivity index (χ2v) is 6.41. The number of hydrogen-bond acceptors (Lipinski definition) is 3. The van der Waals surface area contributed by atoms with Crippen LogP contribution >= 0.6 is 22.6 Å². The fraction of sp³-hybridized carbons (Fsp3) is 0.250. The van der Waals surface area contributed by atoms with E-state index in [2.05, 4.69) is 33.2 Å². The molecule has 2 rings (SSSR count). The maximum Gasteiger partial charge on any atom is 0.287 e. The fourth-order valence-corrected chi connectivity index (χ4v) is 2.27. The molecule has 1 aromatic heterocycles. The zero-order chi connectivity index (χ0) is 16.1. The summed E-state index contributed by atoms with van der Waals surface area (Å²) in [6.07, 6.45) is 1.42. The molecule has 2 amide bonds. The standard InChI is InChI=1S/C16H17IN2O3/c1-10(2)14(19-15(20)13-4-3-9-22-13)16(21)18-12-7-5-11(17)6-8-12/h3-10,14H,1-2H3,(H,18,21)(H,19,20). The van der Waals surface area contributed by atoms with E-state index < -0.39 is 11.9 Å². The van der Waals surface area contributed by atoms with Crippen LogP contribution in [0.5, 0.6) is 0 Å². The quantitative estimate of drug-likeness (QED) is 0.741. The third-order valence-electron chi connectivity index (χ3n) is 3.09. The van der Waals surface area contributed by atoms with Gasteiger partial charge in [-0.1, -0.05) is 13.8 Å². The van der Waals surface area contributed by atoms with Gasteiger partial charge in [-0.2, -0.15) is 0 Å². The highest BCUT2D eigenvalue weighted by molar-refractivity contribution is 14.1. The van der Waals surface area contributed by atoms with Crippen molar-refractivity contribution in [2.45, 2.75) is 19.9 Å². The topological polar surface area (TPSA) is 71.3 Å². The van der Waals surface area contributed by atoms with E-state index in [0.717, 1.165) is 3.57 Å².